The first-order chi connectivity index (χ1) is 10.7. The molecule has 1 aromatic carbocycles. The molecular formula is C17H14Cl2N2O. The molecule has 0 saturated heterocycles. The van der Waals surface area contributed by atoms with Gasteiger partial charge in [-0.1, -0.05) is 23.2 Å². The second-order valence-electron chi connectivity index (χ2n) is 4.88. The topological polar surface area (TPSA) is 38.1 Å². The fourth-order valence-electron chi connectivity index (χ4n) is 2.15. The number of nitrogens with one attached hydrogen (secondary N) is 1. The van der Waals surface area contributed by atoms with E-state index < -0.39 is 0 Å². The lowest BCUT2D eigenvalue weighted by atomic mass is 10.2. The fourth-order valence-corrected chi connectivity index (χ4v) is 2.68. The van der Waals surface area contributed by atoms with Gasteiger partial charge in [0.05, 0.1) is 6.54 Å². The molecular weight excluding hydrogens is 319 g/mol. The first kappa shape index (κ1) is 15.1. The molecule has 0 aliphatic heterocycles. The highest BCUT2D eigenvalue weighted by Crippen LogP contribution is 2.28. The van der Waals surface area contributed by atoms with Crippen LogP contribution in [0.3, 0.4) is 0 Å². The number of benzene rings is 1. The smallest absolute Gasteiger partial charge is 0.134 e. The van der Waals surface area contributed by atoms with Crippen molar-refractivity contribution in [3.63, 3.8) is 0 Å². The van der Waals surface area contributed by atoms with Crippen LogP contribution in [-0.2, 0) is 13.1 Å². The molecule has 22 heavy (non-hydrogen) atoms. The Labute approximate surface area is 138 Å². The molecule has 1 N–H and O–H groups in total. The Morgan fingerprint density at radius 1 is 0.909 bits per heavy atom. The van der Waals surface area contributed by atoms with Gasteiger partial charge in [0, 0.05) is 34.5 Å². The second kappa shape index (κ2) is 6.97. The third kappa shape index (κ3) is 3.89. The summed E-state index contributed by atoms with van der Waals surface area (Å²) >= 11 is 12.0. The Bertz CT molecular complexity index is 736. The van der Waals surface area contributed by atoms with Crippen LogP contribution in [-0.4, -0.2) is 4.98 Å². The van der Waals surface area contributed by atoms with Crippen LogP contribution in [0.5, 0.6) is 0 Å². The average Bonchev–Trinajstić information content (AvgIpc) is 2.96. The highest BCUT2D eigenvalue weighted by Gasteiger charge is 2.07. The van der Waals surface area contributed by atoms with Crippen molar-refractivity contribution < 1.29 is 4.42 Å². The van der Waals surface area contributed by atoms with Crippen molar-refractivity contribution in [2.24, 2.45) is 0 Å². The molecule has 0 spiro atoms. The summed E-state index contributed by atoms with van der Waals surface area (Å²) in [6.45, 7) is 1.41. The molecule has 0 saturated carbocycles. The first-order valence-corrected chi connectivity index (χ1v) is 7.61. The first-order valence-electron chi connectivity index (χ1n) is 6.85. The molecule has 0 aliphatic carbocycles. The molecule has 3 rings (SSSR count). The standard InChI is InChI=1S/C17H14Cl2N2O/c18-14-7-13(8-15(19)9-14)17-2-1-16(22-17)11-21-10-12-3-5-20-6-4-12/h1-9,21H,10-11H2. The predicted octanol–water partition coefficient (Wildman–Crippen LogP) is 4.94. The molecule has 2 aromatic heterocycles. The minimum absolute atomic E-state index is 0.594. The van der Waals surface area contributed by atoms with Gasteiger partial charge in [-0.3, -0.25) is 4.98 Å². The maximum absolute atomic E-state index is 6.01. The zero-order valence-electron chi connectivity index (χ0n) is 11.7. The zero-order chi connectivity index (χ0) is 15.4. The lowest BCUT2D eigenvalue weighted by Crippen LogP contribution is -2.11. The van der Waals surface area contributed by atoms with E-state index in [1.807, 2.05) is 36.4 Å². The van der Waals surface area contributed by atoms with Crippen LogP contribution in [0.4, 0.5) is 0 Å². The van der Waals surface area contributed by atoms with Crippen LogP contribution in [0.15, 0.2) is 59.3 Å². The van der Waals surface area contributed by atoms with Crippen LogP contribution in [0.1, 0.15) is 11.3 Å². The summed E-state index contributed by atoms with van der Waals surface area (Å²) in [6, 6.07) is 13.2. The molecule has 5 heteroatoms. The summed E-state index contributed by atoms with van der Waals surface area (Å²) in [7, 11) is 0. The van der Waals surface area contributed by atoms with E-state index in [4.69, 9.17) is 27.6 Å². The van der Waals surface area contributed by atoms with Crippen LogP contribution in [0, 0.1) is 0 Å². The third-order valence-corrected chi connectivity index (χ3v) is 3.62. The minimum atomic E-state index is 0.594. The van der Waals surface area contributed by atoms with Gasteiger partial charge in [-0.05, 0) is 48.0 Å². The van der Waals surface area contributed by atoms with Gasteiger partial charge in [0.15, 0.2) is 0 Å². The SMILES string of the molecule is Clc1cc(Cl)cc(-c2ccc(CNCc3ccncc3)o2)c1. The van der Waals surface area contributed by atoms with Crippen molar-refractivity contribution in [3.8, 4) is 11.3 Å². The van der Waals surface area contributed by atoms with Gasteiger partial charge < -0.3 is 9.73 Å². The average molecular weight is 333 g/mol. The van der Waals surface area contributed by atoms with Crippen molar-refractivity contribution in [2.75, 3.05) is 0 Å². The number of nitrogens with zero attached hydrogens (tertiary/aromatic N) is 1. The van der Waals surface area contributed by atoms with E-state index in [0.717, 1.165) is 23.6 Å². The molecule has 0 unspecified atom stereocenters. The van der Waals surface area contributed by atoms with Crippen molar-refractivity contribution in [2.45, 2.75) is 13.1 Å². The lowest BCUT2D eigenvalue weighted by Gasteiger charge is -2.03. The maximum Gasteiger partial charge on any atom is 0.134 e. The number of hydrogen-bond donors (Lipinski definition) is 1. The van der Waals surface area contributed by atoms with Crippen molar-refractivity contribution >= 4 is 23.2 Å². The Morgan fingerprint density at radius 2 is 1.64 bits per heavy atom. The van der Waals surface area contributed by atoms with Crippen molar-refractivity contribution in [3.05, 3.63) is 76.2 Å². The van der Waals surface area contributed by atoms with E-state index in [0.29, 0.717) is 16.6 Å². The Kier molecular flexibility index (Phi) is 4.78. The van der Waals surface area contributed by atoms with Crippen LogP contribution < -0.4 is 5.32 Å². The number of rotatable bonds is 5. The number of hydrogen-bond acceptors (Lipinski definition) is 3. The summed E-state index contributed by atoms with van der Waals surface area (Å²) in [5, 5.41) is 4.52. The summed E-state index contributed by atoms with van der Waals surface area (Å²) in [6.07, 6.45) is 3.57. The van der Waals surface area contributed by atoms with E-state index in [2.05, 4.69) is 10.3 Å². The summed E-state index contributed by atoms with van der Waals surface area (Å²) in [5.41, 5.74) is 2.06. The van der Waals surface area contributed by atoms with Crippen molar-refractivity contribution in [1.82, 2.24) is 10.3 Å². The van der Waals surface area contributed by atoms with E-state index >= 15 is 0 Å². The molecule has 3 nitrogen and oxygen atoms in total. The second-order valence-corrected chi connectivity index (χ2v) is 5.76. The van der Waals surface area contributed by atoms with Gasteiger partial charge in [-0.2, -0.15) is 0 Å². The summed E-state index contributed by atoms with van der Waals surface area (Å²) in [5.74, 6) is 1.62. The van der Waals surface area contributed by atoms with Crippen LogP contribution in [0.2, 0.25) is 10.0 Å². The normalized spacial score (nSPS) is 10.8. The molecule has 0 atom stereocenters. The van der Waals surface area contributed by atoms with Gasteiger partial charge in [0.1, 0.15) is 11.5 Å². The van der Waals surface area contributed by atoms with E-state index in [1.54, 1.807) is 18.5 Å². The number of aromatic nitrogens is 1. The van der Waals surface area contributed by atoms with E-state index in [9.17, 15) is 0 Å². The number of halogens is 2. The fraction of sp³-hybridized carbons (Fsp3) is 0.118. The zero-order valence-corrected chi connectivity index (χ0v) is 13.2. The van der Waals surface area contributed by atoms with Crippen molar-refractivity contribution in [1.29, 1.82) is 0 Å². The monoisotopic (exact) mass is 332 g/mol. The lowest BCUT2D eigenvalue weighted by molar-refractivity contribution is 0.493. The molecule has 0 aliphatic rings. The van der Waals surface area contributed by atoms with Gasteiger partial charge in [0.25, 0.3) is 0 Å². The van der Waals surface area contributed by atoms with Gasteiger partial charge in [0.2, 0.25) is 0 Å². The third-order valence-electron chi connectivity index (χ3n) is 3.19. The van der Waals surface area contributed by atoms with Crippen LogP contribution >= 0.6 is 23.2 Å². The van der Waals surface area contributed by atoms with Gasteiger partial charge in [-0.15, -0.1) is 0 Å². The van der Waals surface area contributed by atoms with Gasteiger partial charge in [-0.25, -0.2) is 0 Å². The maximum atomic E-state index is 6.01. The van der Waals surface area contributed by atoms with Crippen LogP contribution in [0.25, 0.3) is 11.3 Å². The molecule has 3 aromatic rings. The molecule has 112 valence electrons. The Balaban J connectivity index is 1.64. The highest BCUT2D eigenvalue weighted by atomic mass is 35.5. The minimum Gasteiger partial charge on any atom is -0.460 e. The number of furan rings is 1. The Hall–Kier alpha value is -1.81. The summed E-state index contributed by atoms with van der Waals surface area (Å²) in [4.78, 5) is 3.99. The molecule has 0 radical (unpaired) electrons. The summed E-state index contributed by atoms with van der Waals surface area (Å²) < 4.78 is 5.83. The van der Waals surface area contributed by atoms with E-state index in [-0.39, 0.29) is 0 Å². The van der Waals surface area contributed by atoms with E-state index in [1.165, 1.54) is 5.56 Å². The molecule has 0 bridgehead atoms. The quantitative estimate of drug-likeness (QED) is 0.719. The molecule has 2 heterocycles. The predicted molar refractivity (Wildman–Crippen MR) is 88.9 cm³/mol. The Morgan fingerprint density at radius 3 is 2.36 bits per heavy atom. The molecule has 0 fully saturated rings. The highest BCUT2D eigenvalue weighted by molar-refractivity contribution is 6.35. The van der Waals surface area contributed by atoms with Gasteiger partial charge >= 0.3 is 0 Å². The molecule has 0 amide bonds. The largest absolute Gasteiger partial charge is 0.460 e. The number of pyridine rings is 1.